The topological polar surface area (TPSA) is 17.8 Å². The van der Waals surface area contributed by atoms with Crippen LogP contribution in [0, 0.1) is 6.92 Å². The maximum absolute atomic E-state index is 4.58. The molecule has 1 aromatic heterocycles. The molecule has 78 valence electrons. The van der Waals surface area contributed by atoms with Crippen LogP contribution in [0.25, 0.3) is 10.9 Å². The standard InChI is InChI=1S/C12H17BN2/c1-8(2)15-12-5-4-10(7-13)6-11(12)9(3)14-15/h4-6,8H,7,13H2,1-3H3. The third-order valence-corrected chi connectivity index (χ3v) is 2.85. The molecule has 0 amide bonds. The van der Waals surface area contributed by atoms with E-state index in [4.69, 9.17) is 0 Å². The largest absolute Gasteiger partial charge is 0.262 e. The van der Waals surface area contributed by atoms with Gasteiger partial charge >= 0.3 is 0 Å². The van der Waals surface area contributed by atoms with Crippen molar-refractivity contribution in [2.75, 3.05) is 0 Å². The van der Waals surface area contributed by atoms with Gasteiger partial charge in [-0.15, -0.1) is 0 Å². The fraction of sp³-hybridized carbons (Fsp3) is 0.417. The molecule has 0 aliphatic carbocycles. The third kappa shape index (κ3) is 1.67. The molecule has 0 spiro atoms. The predicted molar refractivity (Wildman–Crippen MR) is 67.1 cm³/mol. The maximum Gasteiger partial charge on any atom is 0.107 e. The molecule has 1 aromatic carbocycles. The molecule has 0 saturated carbocycles. The van der Waals surface area contributed by atoms with E-state index in [1.54, 1.807) is 0 Å². The second-order valence-electron chi connectivity index (χ2n) is 4.33. The number of benzene rings is 1. The number of aromatic nitrogens is 2. The minimum atomic E-state index is 0.425. The molecule has 2 rings (SSSR count). The van der Waals surface area contributed by atoms with Gasteiger partial charge < -0.3 is 0 Å². The fourth-order valence-corrected chi connectivity index (χ4v) is 1.96. The van der Waals surface area contributed by atoms with E-state index < -0.39 is 0 Å². The van der Waals surface area contributed by atoms with Crippen molar-refractivity contribution in [1.82, 2.24) is 9.78 Å². The third-order valence-electron chi connectivity index (χ3n) is 2.85. The van der Waals surface area contributed by atoms with Crippen molar-refractivity contribution in [3.8, 4) is 0 Å². The molecule has 0 radical (unpaired) electrons. The molecule has 0 aliphatic rings. The Bertz CT molecular complexity index is 486. The normalized spacial score (nSPS) is 11.5. The summed E-state index contributed by atoms with van der Waals surface area (Å²) in [6, 6.07) is 7.07. The lowest BCUT2D eigenvalue weighted by Gasteiger charge is -2.06. The number of nitrogens with zero attached hydrogens (tertiary/aromatic N) is 2. The van der Waals surface area contributed by atoms with Gasteiger partial charge in [0.05, 0.1) is 11.2 Å². The van der Waals surface area contributed by atoms with Crippen molar-refractivity contribution in [2.45, 2.75) is 33.1 Å². The summed E-state index contributed by atoms with van der Waals surface area (Å²) in [6.45, 7) is 6.42. The predicted octanol–water partition coefficient (Wildman–Crippen LogP) is 2.06. The van der Waals surface area contributed by atoms with Crippen molar-refractivity contribution < 1.29 is 0 Å². The smallest absolute Gasteiger partial charge is 0.107 e. The zero-order chi connectivity index (χ0) is 11.0. The van der Waals surface area contributed by atoms with Crippen LogP contribution in [0.4, 0.5) is 0 Å². The Kier molecular flexibility index (Phi) is 2.55. The fourth-order valence-electron chi connectivity index (χ4n) is 1.96. The van der Waals surface area contributed by atoms with E-state index >= 15 is 0 Å². The lowest BCUT2D eigenvalue weighted by Crippen LogP contribution is -2.02. The second kappa shape index (κ2) is 3.72. The summed E-state index contributed by atoms with van der Waals surface area (Å²) in [5.74, 6) is 0. The summed E-state index contributed by atoms with van der Waals surface area (Å²) in [6.07, 6.45) is 1.09. The SMILES string of the molecule is BCc1ccc2c(c1)c(C)nn2C(C)C. The molecule has 15 heavy (non-hydrogen) atoms. The van der Waals surface area contributed by atoms with Gasteiger partial charge in [-0.2, -0.15) is 5.10 Å². The van der Waals surface area contributed by atoms with Crippen LogP contribution < -0.4 is 0 Å². The summed E-state index contributed by atoms with van der Waals surface area (Å²) >= 11 is 0. The maximum atomic E-state index is 4.58. The molecule has 0 bridgehead atoms. The first-order chi connectivity index (χ1) is 7.13. The molecule has 0 unspecified atom stereocenters. The van der Waals surface area contributed by atoms with Crippen LogP contribution in [0.1, 0.15) is 31.1 Å². The number of hydrogen-bond donors (Lipinski definition) is 0. The molecule has 2 nitrogen and oxygen atoms in total. The van der Waals surface area contributed by atoms with Gasteiger partial charge in [0.1, 0.15) is 7.85 Å². The van der Waals surface area contributed by atoms with Crippen molar-refractivity contribution in [3.05, 3.63) is 29.5 Å². The Morgan fingerprint density at radius 2 is 2.13 bits per heavy atom. The Labute approximate surface area is 91.7 Å². The minimum Gasteiger partial charge on any atom is -0.262 e. The summed E-state index contributed by atoms with van der Waals surface area (Å²) in [7, 11) is 2.18. The van der Waals surface area contributed by atoms with Crippen LogP contribution in [0.3, 0.4) is 0 Å². The average Bonchev–Trinajstić information content (AvgIpc) is 2.56. The molecule has 0 atom stereocenters. The van der Waals surface area contributed by atoms with Crippen LogP contribution in [-0.4, -0.2) is 17.6 Å². The van der Waals surface area contributed by atoms with Crippen LogP contribution in [0.5, 0.6) is 0 Å². The Morgan fingerprint density at radius 3 is 2.73 bits per heavy atom. The highest BCUT2D eigenvalue weighted by molar-refractivity contribution is 6.08. The van der Waals surface area contributed by atoms with Gasteiger partial charge in [-0.1, -0.05) is 17.9 Å². The summed E-state index contributed by atoms with van der Waals surface area (Å²) in [5.41, 5.74) is 3.77. The van der Waals surface area contributed by atoms with E-state index in [9.17, 15) is 0 Å². The first kappa shape index (κ1) is 10.3. The summed E-state index contributed by atoms with van der Waals surface area (Å²) < 4.78 is 2.10. The quantitative estimate of drug-likeness (QED) is 0.678. The molecule has 1 heterocycles. The van der Waals surface area contributed by atoms with Crippen molar-refractivity contribution in [2.24, 2.45) is 0 Å². The monoisotopic (exact) mass is 200 g/mol. The van der Waals surface area contributed by atoms with Crippen molar-refractivity contribution in [1.29, 1.82) is 0 Å². The molecule has 3 heteroatoms. The Balaban J connectivity index is 2.69. The minimum absolute atomic E-state index is 0.425. The van der Waals surface area contributed by atoms with Crippen molar-refractivity contribution in [3.63, 3.8) is 0 Å². The highest BCUT2D eigenvalue weighted by atomic mass is 15.3. The lowest BCUT2D eigenvalue weighted by molar-refractivity contribution is 0.547. The Hall–Kier alpha value is -1.25. The molecule has 2 aromatic rings. The average molecular weight is 200 g/mol. The summed E-state index contributed by atoms with van der Waals surface area (Å²) in [4.78, 5) is 0. The first-order valence-electron chi connectivity index (χ1n) is 5.61. The first-order valence-corrected chi connectivity index (χ1v) is 5.61. The van der Waals surface area contributed by atoms with Gasteiger partial charge in [-0.3, -0.25) is 4.68 Å². The van der Waals surface area contributed by atoms with E-state index in [-0.39, 0.29) is 0 Å². The van der Waals surface area contributed by atoms with E-state index in [1.165, 1.54) is 16.5 Å². The van der Waals surface area contributed by atoms with Crippen LogP contribution in [0.2, 0.25) is 0 Å². The number of rotatable bonds is 2. The Morgan fingerprint density at radius 1 is 1.40 bits per heavy atom. The molecule has 0 N–H and O–H groups in total. The zero-order valence-corrected chi connectivity index (χ0v) is 9.91. The lowest BCUT2D eigenvalue weighted by atomic mass is 9.96. The highest BCUT2D eigenvalue weighted by Crippen LogP contribution is 2.22. The molecular weight excluding hydrogens is 183 g/mol. The van der Waals surface area contributed by atoms with Gasteiger partial charge in [-0.25, -0.2) is 0 Å². The highest BCUT2D eigenvalue weighted by Gasteiger charge is 2.09. The number of fused-ring (bicyclic) bond motifs is 1. The van der Waals surface area contributed by atoms with Gasteiger partial charge in [0.25, 0.3) is 0 Å². The number of aryl methyl sites for hydroxylation is 1. The van der Waals surface area contributed by atoms with E-state index in [2.05, 4.69) is 56.6 Å². The molecule has 0 aliphatic heterocycles. The second-order valence-corrected chi connectivity index (χ2v) is 4.33. The van der Waals surface area contributed by atoms with Gasteiger partial charge in [0, 0.05) is 11.4 Å². The van der Waals surface area contributed by atoms with Gasteiger partial charge in [0.2, 0.25) is 0 Å². The van der Waals surface area contributed by atoms with Gasteiger partial charge in [0.15, 0.2) is 0 Å². The number of hydrogen-bond acceptors (Lipinski definition) is 1. The van der Waals surface area contributed by atoms with Crippen LogP contribution >= 0.6 is 0 Å². The van der Waals surface area contributed by atoms with E-state index in [0.717, 1.165) is 12.0 Å². The van der Waals surface area contributed by atoms with Crippen LogP contribution in [0.15, 0.2) is 18.2 Å². The zero-order valence-electron chi connectivity index (χ0n) is 9.91. The molecular formula is C12H17BN2. The van der Waals surface area contributed by atoms with E-state index in [0.29, 0.717) is 6.04 Å². The molecule has 0 saturated heterocycles. The van der Waals surface area contributed by atoms with Gasteiger partial charge in [-0.05, 0) is 32.9 Å². The summed E-state index contributed by atoms with van der Waals surface area (Å²) in [5, 5.41) is 5.88. The van der Waals surface area contributed by atoms with Crippen molar-refractivity contribution >= 4 is 18.7 Å². The molecule has 0 fully saturated rings. The van der Waals surface area contributed by atoms with E-state index in [1.807, 2.05) is 0 Å². The van der Waals surface area contributed by atoms with Crippen LogP contribution in [-0.2, 0) is 6.32 Å².